The number of hydrogen-bond acceptors (Lipinski definition) is 4. The molecule has 1 aromatic rings. The molecule has 0 unspecified atom stereocenters. The standard InChI is InChI=1S/C13H13ClN2O3/c1-8(7-15)19-13(18)9(2)16-12(17)10-3-5-11(14)6-4-10/h3-6,8-9H,1-2H3,(H,16,17)/t8-,9+/m1/s1. The van der Waals surface area contributed by atoms with Crippen LogP contribution in [0, 0.1) is 11.3 Å². The highest BCUT2D eigenvalue weighted by atomic mass is 35.5. The summed E-state index contributed by atoms with van der Waals surface area (Å²) >= 11 is 5.71. The third-order valence-electron chi connectivity index (χ3n) is 2.28. The molecule has 0 fully saturated rings. The summed E-state index contributed by atoms with van der Waals surface area (Å²) < 4.78 is 4.78. The van der Waals surface area contributed by atoms with E-state index in [9.17, 15) is 9.59 Å². The largest absolute Gasteiger partial charge is 0.446 e. The lowest BCUT2D eigenvalue weighted by atomic mass is 10.2. The number of hydrogen-bond donors (Lipinski definition) is 1. The summed E-state index contributed by atoms with van der Waals surface area (Å²) in [5, 5.41) is 11.5. The maximum atomic E-state index is 11.8. The number of rotatable bonds is 4. The molecule has 2 atom stereocenters. The first-order chi connectivity index (χ1) is 8.93. The van der Waals surface area contributed by atoms with Crippen molar-refractivity contribution >= 4 is 23.5 Å². The van der Waals surface area contributed by atoms with Crippen LogP contribution < -0.4 is 5.32 Å². The van der Waals surface area contributed by atoms with Gasteiger partial charge in [0.1, 0.15) is 12.1 Å². The second kappa shape index (κ2) is 6.76. The van der Waals surface area contributed by atoms with E-state index in [2.05, 4.69) is 5.32 Å². The third-order valence-corrected chi connectivity index (χ3v) is 2.53. The van der Waals surface area contributed by atoms with E-state index in [1.807, 2.05) is 0 Å². The first kappa shape index (κ1) is 15.0. The maximum Gasteiger partial charge on any atom is 0.329 e. The van der Waals surface area contributed by atoms with Crippen molar-refractivity contribution < 1.29 is 14.3 Å². The van der Waals surface area contributed by atoms with Crippen LogP contribution >= 0.6 is 11.6 Å². The van der Waals surface area contributed by atoms with Crippen LogP contribution in [-0.4, -0.2) is 24.0 Å². The molecule has 0 bridgehead atoms. The molecule has 0 saturated heterocycles. The van der Waals surface area contributed by atoms with Crippen LogP contribution in [0.15, 0.2) is 24.3 Å². The molecule has 1 N–H and O–H groups in total. The van der Waals surface area contributed by atoms with Crippen molar-refractivity contribution in [2.75, 3.05) is 0 Å². The summed E-state index contributed by atoms with van der Waals surface area (Å²) in [6.07, 6.45) is -0.845. The van der Waals surface area contributed by atoms with E-state index >= 15 is 0 Å². The van der Waals surface area contributed by atoms with Gasteiger partial charge in [-0.1, -0.05) is 11.6 Å². The summed E-state index contributed by atoms with van der Waals surface area (Å²) in [6.45, 7) is 2.94. The molecule has 0 heterocycles. The van der Waals surface area contributed by atoms with Crippen molar-refractivity contribution in [1.82, 2.24) is 5.32 Å². The zero-order valence-corrected chi connectivity index (χ0v) is 11.3. The van der Waals surface area contributed by atoms with Crippen molar-refractivity contribution in [2.45, 2.75) is 26.0 Å². The van der Waals surface area contributed by atoms with Gasteiger partial charge in [-0.25, -0.2) is 4.79 Å². The van der Waals surface area contributed by atoms with E-state index in [1.54, 1.807) is 30.3 Å². The van der Waals surface area contributed by atoms with Gasteiger partial charge in [-0.2, -0.15) is 5.26 Å². The fraction of sp³-hybridized carbons (Fsp3) is 0.308. The molecule has 6 heteroatoms. The fourth-order valence-electron chi connectivity index (χ4n) is 1.24. The number of carbonyl (C=O) groups is 2. The first-order valence-electron chi connectivity index (χ1n) is 5.60. The number of ether oxygens (including phenoxy) is 1. The minimum absolute atomic E-state index is 0.386. The molecule has 0 aliphatic heterocycles. The van der Waals surface area contributed by atoms with Crippen molar-refractivity contribution in [1.29, 1.82) is 5.26 Å². The Kier molecular flexibility index (Phi) is 5.34. The van der Waals surface area contributed by atoms with E-state index in [4.69, 9.17) is 21.6 Å². The highest BCUT2D eigenvalue weighted by molar-refractivity contribution is 6.30. The molecule has 5 nitrogen and oxygen atoms in total. The molecule has 19 heavy (non-hydrogen) atoms. The van der Waals surface area contributed by atoms with Gasteiger partial charge in [0.05, 0.1) is 0 Å². The van der Waals surface area contributed by atoms with Crippen LogP contribution in [0.2, 0.25) is 5.02 Å². The summed E-state index contributed by atoms with van der Waals surface area (Å²) in [6, 6.07) is 7.20. The average Bonchev–Trinajstić information content (AvgIpc) is 2.38. The van der Waals surface area contributed by atoms with Crippen molar-refractivity contribution in [3.05, 3.63) is 34.9 Å². The van der Waals surface area contributed by atoms with E-state index in [1.165, 1.54) is 13.8 Å². The molecule has 0 aliphatic carbocycles. The number of esters is 1. The van der Waals surface area contributed by atoms with Gasteiger partial charge in [0, 0.05) is 10.6 Å². The zero-order valence-electron chi connectivity index (χ0n) is 10.5. The van der Waals surface area contributed by atoms with Gasteiger partial charge in [-0.15, -0.1) is 0 Å². The van der Waals surface area contributed by atoms with Crippen LogP contribution in [0.4, 0.5) is 0 Å². The quantitative estimate of drug-likeness (QED) is 0.855. The second-order valence-electron chi connectivity index (χ2n) is 3.91. The molecule has 0 aliphatic rings. The smallest absolute Gasteiger partial charge is 0.329 e. The Hall–Kier alpha value is -2.06. The summed E-state index contributed by atoms with van der Waals surface area (Å²) in [5.74, 6) is -1.07. The Bertz CT molecular complexity index is 508. The van der Waals surface area contributed by atoms with Gasteiger partial charge in [0.25, 0.3) is 5.91 Å². The minimum Gasteiger partial charge on any atom is -0.446 e. The van der Waals surface area contributed by atoms with Gasteiger partial charge in [-0.3, -0.25) is 4.79 Å². The summed E-state index contributed by atoms with van der Waals surface area (Å²) in [5.41, 5.74) is 0.386. The Morgan fingerprint density at radius 3 is 2.42 bits per heavy atom. The highest BCUT2D eigenvalue weighted by Gasteiger charge is 2.19. The van der Waals surface area contributed by atoms with E-state index < -0.39 is 24.0 Å². The molecule has 0 saturated carbocycles. The van der Waals surface area contributed by atoms with Gasteiger partial charge >= 0.3 is 5.97 Å². The van der Waals surface area contributed by atoms with Crippen molar-refractivity contribution in [2.24, 2.45) is 0 Å². The lowest BCUT2D eigenvalue weighted by Crippen LogP contribution is -2.40. The number of benzene rings is 1. The minimum atomic E-state index is -0.845. The number of nitrogens with one attached hydrogen (secondary N) is 1. The maximum absolute atomic E-state index is 11.8. The topological polar surface area (TPSA) is 79.2 Å². The molecular formula is C13H13ClN2O3. The lowest BCUT2D eigenvalue weighted by molar-refractivity contribution is -0.147. The predicted molar refractivity (Wildman–Crippen MR) is 69.5 cm³/mol. The molecule has 1 rings (SSSR count). The Morgan fingerprint density at radius 2 is 1.89 bits per heavy atom. The lowest BCUT2D eigenvalue weighted by Gasteiger charge is -2.14. The second-order valence-corrected chi connectivity index (χ2v) is 4.35. The molecule has 0 radical (unpaired) electrons. The average molecular weight is 281 g/mol. The Balaban J connectivity index is 2.59. The molecule has 1 aromatic carbocycles. The van der Waals surface area contributed by atoms with Gasteiger partial charge < -0.3 is 10.1 Å². The zero-order chi connectivity index (χ0) is 14.4. The first-order valence-corrected chi connectivity index (χ1v) is 5.98. The van der Waals surface area contributed by atoms with Crippen LogP contribution in [0.1, 0.15) is 24.2 Å². The number of nitriles is 1. The van der Waals surface area contributed by atoms with Crippen LogP contribution in [0.25, 0.3) is 0 Å². The number of amides is 1. The molecular weight excluding hydrogens is 268 g/mol. The van der Waals surface area contributed by atoms with E-state index in [-0.39, 0.29) is 0 Å². The molecule has 100 valence electrons. The predicted octanol–water partition coefficient (Wildman–Crippen LogP) is 1.91. The van der Waals surface area contributed by atoms with Crippen LogP contribution in [-0.2, 0) is 9.53 Å². The number of carbonyl (C=O) groups excluding carboxylic acids is 2. The Morgan fingerprint density at radius 1 is 1.32 bits per heavy atom. The third kappa shape index (κ3) is 4.60. The highest BCUT2D eigenvalue weighted by Crippen LogP contribution is 2.09. The normalized spacial score (nSPS) is 12.9. The summed E-state index contributed by atoms with van der Waals surface area (Å²) in [4.78, 5) is 23.3. The van der Waals surface area contributed by atoms with Crippen molar-refractivity contribution in [3.63, 3.8) is 0 Å². The molecule has 1 amide bonds. The summed E-state index contributed by atoms with van der Waals surface area (Å²) in [7, 11) is 0. The Labute approximate surface area is 116 Å². The molecule has 0 aromatic heterocycles. The van der Waals surface area contributed by atoms with Crippen LogP contribution in [0.3, 0.4) is 0 Å². The van der Waals surface area contributed by atoms with E-state index in [0.717, 1.165) is 0 Å². The monoisotopic (exact) mass is 280 g/mol. The van der Waals surface area contributed by atoms with Crippen molar-refractivity contribution in [3.8, 4) is 6.07 Å². The van der Waals surface area contributed by atoms with Gasteiger partial charge in [0.15, 0.2) is 6.10 Å². The number of halogens is 1. The van der Waals surface area contributed by atoms with Crippen LogP contribution in [0.5, 0.6) is 0 Å². The number of nitrogens with zero attached hydrogens (tertiary/aromatic N) is 1. The van der Waals surface area contributed by atoms with E-state index in [0.29, 0.717) is 10.6 Å². The SMILES string of the molecule is C[C@H](C#N)OC(=O)[C@H](C)NC(=O)c1ccc(Cl)cc1. The molecule has 0 spiro atoms. The van der Waals surface area contributed by atoms with Gasteiger partial charge in [-0.05, 0) is 38.1 Å². The fourth-order valence-corrected chi connectivity index (χ4v) is 1.37. The van der Waals surface area contributed by atoms with Gasteiger partial charge in [0.2, 0.25) is 0 Å².